The second-order valence-electron chi connectivity index (χ2n) is 4.18. The fourth-order valence-corrected chi connectivity index (χ4v) is 1.13. The van der Waals surface area contributed by atoms with E-state index in [0.29, 0.717) is 0 Å². The van der Waals surface area contributed by atoms with E-state index in [1.165, 1.54) is 5.56 Å². The summed E-state index contributed by atoms with van der Waals surface area (Å²) in [7, 11) is 6.60. The molecule has 1 aromatic carbocycles. The van der Waals surface area contributed by atoms with Crippen molar-refractivity contribution in [2.45, 2.75) is 13.2 Å². The van der Waals surface area contributed by atoms with Gasteiger partial charge < -0.3 is 16.9 Å². The van der Waals surface area contributed by atoms with E-state index in [1.54, 1.807) is 0 Å². The lowest BCUT2D eigenvalue weighted by molar-refractivity contribution is -0.884. The first-order valence-electron chi connectivity index (χ1n) is 4.58. The number of benzene rings is 1. The van der Waals surface area contributed by atoms with Crippen LogP contribution < -0.4 is 12.4 Å². The number of nitrogens with zero attached hydrogens (tertiary/aromatic N) is 1. The average molecular weight is 256 g/mol. The lowest BCUT2D eigenvalue weighted by atomic mass is 10.2. The van der Waals surface area contributed by atoms with Crippen LogP contribution in [-0.2, 0) is 6.54 Å². The standard InChI is InChI=1S/C10H16N.CHF3.ClH/c1-11(2,3)9-10-7-5-4-6-8-10;2-1(3)4;/h4-8H,9H2,1-3H3;1H;1H/q+1;;/p-1. The quantitative estimate of drug-likeness (QED) is 0.657. The van der Waals surface area contributed by atoms with Crippen molar-refractivity contribution in [3.63, 3.8) is 0 Å². The zero-order valence-corrected chi connectivity index (χ0v) is 10.4. The highest BCUT2D eigenvalue weighted by Crippen LogP contribution is 2.05. The molecule has 0 aliphatic heterocycles. The fourth-order valence-electron chi connectivity index (χ4n) is 1.13. The number of halogens is 4. The minimum atomic E-state index is -3.67. The van der Waals surface area contributed by atoms with Crippen LogP contribution >= 0.6 is 0 Å². The van der Waals surface area contributed by atoms with Crippen molar-refractivity contribution in [1.82, 2.24) is 0 Å². The van der Waals surface area contributed by atoms with Gasteiger partial charge in [-0.2, -0.15) is 13.2 Å². The second-order valence-corrected chi connectivity index (χ2v) is 4.18. The molecule has 0 radical (unpaired) electrons. The molecule has 0 fully saturated rings. The Balaban J connectivity index is 0. The van der Waals surface area contributed by atoms with E-state index in [4.69, 9.17) is 0 Å². The summed E-state index contributed by atoms with van der Waals surface area (Å²) in [4.78, 5) is 0. The lowest BCUT2D eigenvalue weighted by Crippen LogP contribution is -3.00. The van der Waals surface area contributed by atoms with Gasteiger partial charge in [0.15, 0.2) is 0 Å². The first-order chi connectivity index (χ1) is 6.81. The number of hydrogen-bond donors (Lipinski definition) is 0. The first-order valence-corrected chi connectivity index (χ1v) is 4.58. The SMILES string of the molecule is C[N+](C)(C)Cc1ccccc1.FC(F)F.[Cl-]. The van der Waals surface area contributed by atoms with E-state index >= 15 is 0 Å². The molecule has 0 bridgehead atoms. The van der Waals surface area contributed by atoms with Gasteiger partial charge in [-0.3, -0.25) is 0 Å². The van der Waals surface area contributed by atoms with Crippen molar-refractivity contribution in [2.24, 2.45) is 0 Å². The normalized spacial score (nSPS) is 10.2. The molecule has 0 amide bonds. The van der Waals surface area contributed by atoms with Crippen molar-refractivity contribution in [1.29, 1.82) is 0 Å². The molecule has 0 atom stereocenters. The smallest absolute Gasteiger partial charge is 0.379 e. The molecule has 0 heterocycles. The molecule has 0 saturated heterocycles. The van der Waals surface area contributed by atoms with Gasteiger partial charge >= 0.3 is 6.68 Å². The van der Waals surface area contributed by atoms with Gasteiger partial charge in [0.1, 0.15) is 6.54 Å². The van der Waals surface area contributed by atoms with Crippen molar-refractivity contribution < 1.29 is 30.1 Å². The van der Waals surface area contributed by atoms with Crippen LogP contribution in [0.4, 0.5) is 13.2 Å². The molecule has 1 rings (SSSR count). The summed E-state index contributed by atoms with van der Waals surface area (Å²) < 4.78 is 30.0. The minimum absolute atomic E-state index is 0. The molecule has 1 nitrogen and oxygen atoms in total. The van der Waals surface area contributed by atoms with Gasteiger partial charge in [-0.1, -0.05) is 30.3 Å². The van der Waals surface area contributed by atoms with E-state index in [-0.39, 0.29) is 12.4 Å². The Morgan fingerprint density at radius 3 is 1.69 bits per heavy atom. The zero-order chi connectivity index (χ0) is 11.9. The van der Waals surface area contributed by atoms with Gasteiger partial charge in [0.05, 0.1) is 21.1 Å². The molecule has 0 spiro atoms. The van der Waals surface area contributed by atoms with Crippen LogP contribution in [0.5, 0.6) is 0 Å². The van der Waals surface area contributed by atoms with Crippen LogP contribution in [0, 0.1) is 0 Å². The third-order valence-corrected chi connectivity index (χ3v) is 1.50. The average Bonchev–Trinajstić information content (AvgIpc) is 2.01. The first kappa shape index (κ1) is 17.6. The lowest BCUT2D eigenvalue weighted by Gasteiger charge is -2.23. The highest BCUT2D eigenvalue weighted by atomic mass is 35.5. The van der Waals surface area contributed by atoms with E-state index < -0.39 is 6.68 Å². The number of alkyl halides is 3. The molecule has 1 aromatic rings. The van der Waals surface area contributed by atoms with Gasteiger partial charge in [0.25, 0.3) is 0 Å². The van der Waals surface area contributed by atoms with E-state index in [9.17, 15) is 13.2 Å². The minimum Gasteiger partial charge on any atom is -1.00 e. The van der Waals surface area contributed by atoms with E-state index in [0.717, 1.165) is 11.0 Å². The summed E-state index contributed by atoms with van der Waals surface area (Å²) in [5, 5.41) is 0. The Bertz CT molecular complexity index is 257. The molecule has 16 heavy (non-hydrogen) atoms. The predicted molar refractivity (Wildman–Crippen MR) is 55.3 cm³/mol. The fraction of sp³-hybridized carbons (Fsp3) is 0.455. The van der Waals surface area contributed by atoms with Crippen molar-refractivity contribution >= 4 is 0 Å². The molecule has 0 saturated carbocycles. The Morgan fingerprint density at radius 2 is 1.38 bits per heavy atom. The number of rotatable bonds is 2. The number of quaternary nitrogens is 1. The molecule has 0 aromatic heterocycles. The van der Waals surface area contributed by atoms with Crippen LogP contribution in [0.15, 0.2) is 30.3 Å². The summed E-state index contributed by atoms with van der Waals surface area (Å²) >= 11 is 0. The third kappa shape index (κ3) is 13.3. The number of hydrogen-bond acceptors (Lipinski definition) is 0. The Kier molecular flexibility index (Phi) is 9.28. The molecule has 0 unspecified atom stereocenters. The summed E-state index contributed by atoms with van der Waals surface area (Å²) in [5.74, 6) is 0. The molecular weight excluding hydrogens is 239 g/mol. The summed E-state index contributed by atoms with van der Waals surface area (Å²) in [6, 6.07) is 10.6. The maximum absolute atomic E-state index is 9.67. The van der Waals surface area contributed by atoms with Crippen LogP contribution in [0.25, 0.3) is 0 Å². The Hall–Kier alpha value is -0.740. The second kappa shape index (κ2) is 8.42. The molecule has 0 N–H and O–H groups in total. The van der Waals surface area contributed by atoms with Gasteiger partial charge in [0.2, 0.25) is 0 Å². The maximum atomic E-state index is 9.67. The zero-order valence-electron chi connectivity index (χ0n) is 9.63. The Labute approximate surface area is 101 Å². The van der Waals surface area contributed by atoms with E-state index in [1.807, 2.05) is 0 Å². The summed E-state index contributed by atoms with van der Waals surface area (Å²) in [6.07, 6.45) is 0. The molecule has 5 heteroatoms. The maximum Gasteiger partial charge on any atom is 0.379 e. The van der Waals surface area contributed by atoms with Crippen LogP contribution in [-0.4, -0.2) is 32.3 Å². The Morgan fingerprint density at radius 1 is 1.00 bits per heavy atom. The van der Waals surface area contributed by atoms with Gasteiger partial charge in [-0.25, -0.2) is 0 Å². The summed E-state index contributed by atoms with van der Waals surface area (Å²) in [6.45, 7) is -2.57. The topological polar surface area (TPSA) is 0 Å². The summed E-state index contributed by atoms with van der Waals surface area (Å²) in [5.41, 5.74) is 1.40. The monoisotopic (exact) mass is 255 g/mol. The van der Waals surface area contributed by atoms with Crippen molar-refractivity contribution in [3.05, 3.63) is 35.9 Å². The van der Waals surface area contributed by atoms with Crippen molar-refractivity contribution in [3.8, 4) is 0 Å². The third-order valence-electron chi connectivity index (χ3n) is 1.50. The predicted octanol–water partition coefficient (Wildman–Crippen LogP) is 0.0753. The van der Waals surface area contributed by atoms with Crippen LogP contribution in [0.3, 0.4) is 0 Å². The highest BCUT2D eigenvalue weighted by molar-refractivity contribution is 5.13. The largest absolute Gasteiger partial charge is 1.00 e. The molecule has 94 valence electrons. The van der Waals surface area contributed by atoms with Gasteiger partial charge in [-0.05, 0) is 0 Å². The molecule has 0 aliphatic carbocycles. The highest BCUT2D eigenvalue weighted by Gasteiger charge is 2.06. The molecular formula is C11H17ClF3N. The van der Waals surface area contributed by atoms with Crippen molar-refractivity contribution in [2.75, 3.05) is 21.1 Å². The molecule has 0 aliphatic rings. The van der Waals surface area contributed by atoms with Gasteiger partial charge in [0, 0.05) is 5.56 Å². The van der Waals surface area contributed by atoms with E-state index in [2.05, 4.69) is 51.5 Å². The van der Waals surface area contributed by atoms with Gasteiger partial charge in [-0.15, -0.1) is 0 Å². The van der Waals surface area contributed by atoms with Crippen LogP contribution in [0.1, 0.15) is 5.56 Å². The van der Waals surface area contributed by atoms with Crippen LogP contribution in [0.2, 0.25) is 0 Å².